The van der Waals surface area contributed by atoms with Crippen LogP contribution in [0.1, 0.15) is 21.9 Å². The first-order chi connectivity index (χ1) is 19.8. The van der Waals surface area contributed by atoms with Crippen LogP contribution in [0.3, 0.4) is 0 Å². The molecule has 2 aliphatic rings. The molecule has 3 unspecified atom stereocenters. The standard InChI is InChI=1S/C30H25N3O6S2/c1-16-7-11-18(12-8-16)33-27(36)24-23(20-5-3-4-6-21(20)39-2)26-29(40-25(24)28(33)37)32(30(38)41-26)15-22(35)31-17-9-13-19(34)14-10-17/h3-14,23-25,34H,15H2,1-2H3,(H,31,35). The number of hydrogen-bond acceptors (Lipinski definition) is 8. The van der Waals surface area contributed by atoms with Gasteiger partial charge in [-0.2, -0.15) is 0 Å². The maximum Gasteiger partial charge on any atom is 0.308 e. The van der Waals surface area contributed by atoms with Crippen molar-refractivity contribution in [2.45, 2.75) is 29.7 Å². The number of thiazole rings is 1. The number of phenolic OH excluding ortho intramolecular Hbond substituents is 1. The van der Waals surface area contributed by atoms with E-state index in [9.17, 15) is 24.3 Å². The smallest absolute Gasteiger partial charge is 0.308 e. The lowest BCUT2D eigenvalue weighted by atomic mass is 9.82. The summed E-state index contributed by atoms with van der Waals surface area (Å²) in [5, 5.41) is 11.9. The Morgan fingerprint density at radius 3 is 2.39 bits per heavy atom. The highest BCUT2D eigenvalue weighted by Crippen LogP contribution is 2.55. The van der Waals surface area contributed by atoms with Gasteiger partial charge in [0.1, 0.15) is 23.3 Å². The summed E-state index contributed by atoms with van der Waals surface area (Å²) in [4.78, 5) is 55.7. The Balaban J connectivity index is 1.43. The van der Waals surface area contributed by atoms with E-state index in [2.05, 4.69) is 5.32 Å². The van der Waals surface area contributed by atoms with Gasteiger partial charge < -0.3 is 15.2 Å². The highest BCUT2D eigenvalue weighted by atomic mass is 32.2. The molecule has 1 saturated heterocycles. The van der Waals surface area contributed by atoms with Gasteiger partial charge in [-0.1, -0.05) is 59.0 Å². The molecule has 0 spiro atoms. The Hall–Kier alpha value is -4.35. The predicted molar refractivity (Wildman–Crippen MR) is 157 cm³/mol. The number of fused-ring (bicyclic) bond motifs is 2. The average Bonchev–Trinajstić information content (AvgIpc) is 3.41. The van der Waals surface area contributed by atoms with Crippen LogP contribution in [0.5, 0.6) is 11.5 Å². The van der Waals surface area contributed by atoms with Crippen molar-refractivity contribution in [1.29, 1.82) is 0 Å². The first-order valence-electron chi connectivity index (χ1n) is 12.8. The Bertz CT molecular complexity index is 1730. The number of rotatable bonds is 6. The average molecular weight is 588 g/mol. The molecule has 0 radical (unpaired) electrons. The number of carbonyl (C=O) groups excluding carboxylic acids is 3. The Kier molecular flexibility index (Phi) is 6.92. The Labute approximate surface area is 243 Å². The maximum absolute atomic E-state index is 14.0. The normalized spacial score (nSPS) is 19.6. The van der Waals surface area contributed by atoms with Crippen LogP contribution >= 0.6 is 23.1 Å². The van der Waals surface area contributed by atoms with E-state index in [1.165, 1.54) is 28.7 Å². The number of aryl methyl sites for hydroxylation is 1. The van der Waals surface area contributed by atoms with Gasteiger partial charge in [0.25, 0.3) is 0 Å². The molecule has 1 fully saturated rings. The number of anilines is 2. The fraction of sp³-hybridized carbons (Fsp3) is 0.200. The second-order valence-electron chi connectivity index (χ2n) is 9.85. The van der Waals surface area contributed by atoms with Crippen LogP contribution in [0.4, 0.5) is 11.4 Å². The SMILES string of the molecule is COc1ccccc1C1c2sc(=O)n(CC(=O)Nc3ccc(O)cc3)c2SC2C(=O)N(c3ccc(C)cc3)C(=O)C21. The minimum absolute atomic E-state index is 0.0647. The molecular weight excluding hydrogens is 562 g/mol. The molecule has 0 bridgehead atoms. The van der Waals surface area contributed by atoms with Crippen LogP contribution in [0.2, 0.25) is 0 Å². The summed E-state index contributed by atoms with van der Waals surface area (Å²) >= 11 is 2.13. The fourth-order valence-electron chi connectivity index (χ4n) is 5.35. The third-order valence-electron chi connectivity index (χ3n) is 7.27. The number of aromatic nitrogens is 1. The zero-order valence-corrected chi connectivity index (χ0v) is 23.7. The number of imide groups is 1. The molecule has 4 aromatic rings. The van der Waals surface area contributed by atoms with Gasteiger partial charge >= 0.3 is 4.87 Å². The summed E-state index contributed by atoms with van der Waals surface area (Å²) < 4.78 is 7.01. The Morgan fingerprint density at radius 1 is 0.976 bits per heavy atom. The van der Waals surface area contributed by atoms with Gasteiger partial charge in [0.15, 0.2) is 0 Å². The number of methoxy groups -OCH3 is 1. The largest absolute Gasteiger partial charge is 0.508 e. The van der Waals surface area contributed by atoms with Crippen LogP contribution in [-0.4, -0.2) is 39.8 Å². The van der Waals surface area contributed by atoms with E-state index in [0.29, 0.717) is 32.6 Å². The molecule has 3 heterocycles. The summed E-state index contributed by atoms with van der Waals surface area (Å²) in [7, 11) is 1.54. The molecule has 41 heavy (non-hydrogen) atoms. The molecule has 6 rings (SSSR count). The van der Waals surface area contributed by atoms with Gasteiger partial charge in [0, 0.05) is 22.0 Å². The van der Waals surface area contributed by atoms with Crippen molar-refractivity contribution in [3.63, 3.8) is 0 Å². The van der Waals surface area contributed by atoms with Gasteiger partial charge in [-0.3, -0.25) is 23.7 Å². The van der Waals surface area contributed by atoms with Crippen LogP contribution in [0, 0.1) is 12.8 Å². The van der Waals surface area contributed by atoms with Crippen molar-refractivity contribution in [3.05, 3.63) is 98.5 Å². The lowest BCUT2D eigenvalue weighted by molar-refractivity contribution is -0.122. The van der Waals surface area contributed by atoms with Crippen molar-refractivity contribution in [2.24, 2.45) is 5.92 Å². The number of para-hydroxylation sites is 1. The molecule has 1 aromatic heterocycles. The molecule has 0 saturated carbocycles. The summed E-state index contributed by atoms with van der Waals surface area (Å²) in [6.45, 7) is 1.65. The molecule has 2 N–H and O–H groups in total. The predicted octanol–water partition coefficient (Wildman–Crippen LogP) is 4.37. The van der Waals surface area contributed by atoms with E-state index in [4.69, 9.17) is 4.74 Å². The van der Waals surface area contributed by atoms with Crippen molar-refractivity contribution in [1.82, 2.24) is 4.57 Å². The monoisotopic (exact) mass is 587 g/mol. The second-order valence-corrected chi connectivity index (χ2v) is 12.0. The van der Waals surface area contributed by atoms with Gasteiger partial charge in [0.05, 0.1) is 23.7 Å². The van der Waals surface area contributed by atoms with E-state index < -0.39 is 23.0 Å². The lowest BCUT2D eigenvalue weighted by Gasteiger charge is -2.31. The fourth-order valence-corrected chi connectivity index (χ4v) is 8.12. The zero-order chi connectivity index (χ0) is 28.8. The van der Waals surface area contributed by atoms with E-state index in [0.717, 1.165) is 28.7 Å². The topological polar surface area (TPSA) is 118 Å². The number of aromatic hydroxyl groups is 1. The first kappa shape index (κ1) is 26.9. The van der Waals surface area contributed by atoms with Crippen molar-refractivity contribution in [2.75, 3.05) is 17.3 Å². The Morgan fingerprint density at radius 2 is 1.68 bits per heavy atom. The summed E-state index contributed by atoms with van der Waals surface area (Å²) in [6, 6.07) is 20.5. The number of benzene rings is 3. The first-order valence-corrected chi connectivity index (χ1v) is 14.5. The summed E-state index contributed by atoms with van der Waals surface area (Å²) in [5.41, 5.74) is 2.66. The number of nitrogens with one attached hydrogen (secondary N) is 1. The summed E-state index contributed by atoms with van der Waals surface area (Å²) in [5.74, 6) is -1.93. The van der Waals surface area contributed by atoms with Crippen LogP contribution < -0.4 is 19.8 Å². The number of thioether (sulfide) groups is 1. The molecule has 3 aromatic carbocycles. The van der Waals surface area contributed by atoms with Crippen molar-refractivity contribution >= 4 is 52.2 Å². The van der Waals surface area contributed by atoms with Crippen LogP contribution in [0.25, 0.3) is 0 Å². The van der Waals surface area contributed by atoms with Crippen molar-refractivity contribution in [3.8, 4) is 11.5 Å². The van der Waals surface area contributed by atoms with E-state index in [-0.39, 0.29) is 29.0 Å². The number of amides is 3. The molecule has 11 heteroatoms. The minimum atomic E-state index is -0.799. The molecule has 208 valence electrons. The molecule has 3 amide bonds. The molecule has 2 aliphatic heterocycles. The maximum atomic E-state index is 14.0. The number of hydrogen-bond donors (Lipinski definition) is 2. The highest BCUT2D eigenvalue weighted by molar-refractivity contribution is 8.00. The van der Waals surface area contributed by atoms with E-state index in [1.54, 1.807) is 30.3 Å². The molecule has 0 aliphatic carbocycles. The third-order valence-corrected chi connectivity index (χ3v) is 9.87. The third kappa shape index (κ3) is 4.70. The van der Waals surface area contributed by atoms with Crippen LogP contribution in [-0.2, 0) is 20.9 Å². The highest BCUT2D eigenvalue weighted by Gasteiger charge is 2.57. The van der Waals surface area contributed by atoms with Crippen molar-refractivity contribution < 1.29 is 24.2 Å². The molecule has 3 atom stereocenters. The van der Waals surface area contributed by atoms with E-state index >= 15 is 0 Å². The van der Waals surface area contributed by atoms with Gasteiger partial charge in [-0.15, -0.1) is 0 Å². The zero-order valence-electron chi connectivity index (χ0n) is 22.1. The van der Waals surface area contributed by atoms with Gasteiger partial charge in [-0.05, 0) is 49.4 Å². The minimum Gasteiger partial charge on any atom is -0.508 e. The summed E-state index contributed by atoms with van der Waals surface area (Å²) in [6.07, 6.45) is 0. The van der Waals surface area contributed by atoms with Crippen LogP contribution in [0.15, 0.2) is 82.6 Å². The quantitative estimate of drug-likeness (QED) is 0.254. The van der Waals surface area contributed by atoms with E-state index in [1.807, 2.05) is 37.3 Å². The number of carbonyl (C=O) groups is 3. The number of phenols is 1. The second kappa shape index (κ2) is 10.6. The number of nitrogens with zero attached hydrogens (tertiary/aromatic N) is 2. The van der Waals surface area contributed by atoms with Gasteiger partial charge in [0.2, 0.25) is 17.7 Å². The lowest BCUT2D eigenvalue weighted by Crippen LogP contribution is -2.33. The van der Waals surface area contributed by atoms with Gasteiger partial charge in [-0.25, -0.2) is 4.90 Å². The molecule has 9 nitrogen and oxygen atoms in total. The number of ether oxygens (including phenoxy) is 1. The molecular formula is C30H25N3O6S2.